The topological polar surface area (TPSA) is 102 Å². The van der Waals surface area contributed by atoms with E-state index >= 15 is 0 Å². The molecule has 0 saturated heterocycles. The van der Waals surface area contributed by atoms with E-state index in [0.717, 1.165) is 16.3 Å². The standard InChI is InChI=1S/C18H21N5O2/c1-12(2)10-15(18(25)23(3)11-19)22-17(24)14-6-4-13(5-7-14)16-20-8-9-21-16/h4-9,12,15H,10H2,1-3H3,(H,20,21)(H,22,24)/t15-/m0/s1. The zero-order valence-electron chi connectivity index (χ0n) is 14.5. The van der Waals surface area contributed by atoms with E-state index in [1.165, 1.54) is 7.05 Å². The molecule has 0 bridgehead atoms. The molecule has 2 rings (SSSR count). The number of amides is 2. The summed E-state index contributed by atoms with van der Waals surface area (Å²) in [5.74, 6) is 0.145. The lowest BCUT2D eigenvalue weighted by molar-refractivity contribution is -0.129. The second kappa shape index (κ2) is 8.11. The first-order valence-electron chi connectivity index (χ1n) is 8.00. The Kier molecular flexibility index (Phi) is 5.90. The lowest BCUT2D eigenvalue weighted by Crippen LogP contribution is -2.46. The normalized spacial score (nSPS) is 11.6. The number of nitrogens with one attached hydrogen (secondary N) is 2. The molecule has 130 valence electrons. The van der Waals surface area contributed by atoms with Crippen LogP contribution in [-0.4, -0.2) is 39.8 Å². The van der Waals surface area contributed by atoms with Gasteiger partial charge in [0.1, 0.15) is 11.9 Å². The minimum Gasteiger partial charge on any atom is -0.345 e. The van der Waals surface area contributed by atoms with Gasteiger partial charge in [0.25, 0.3) is 11.8 Å². The van der Waals surface area contributed by atoms with Crippen LogP contribution in [0.5, 0.6) is 0 Å². The molecule has 25 heavy (non-hydrogen) atoms. The molecular weight excluding hydrogens is 318 g/mol. The summed E-state index contributed by atoms with van der Waals surface area (Å²) in [6.45, 7) is 3.91. The highest BCUT2D eigenvalue weighted by atomic mass is 16.2. The number of carbonyl (C=O) groups excluding carboxylic acids is 2. The number of likely N-dealkylation sites (N-methyl/N-ethyl adjacent to an activating group) is 1. The number of carbonyl (C=O) groups is 2. The predicted molar refractivity (Wildman–Crippen MR) is 93.1 cm³/mol. The maximum atomic E-state index is 12.5. The second-order valence-corrected chi connectivity index (χ2v) is 6.17. The number of aromatic amines is 1. The van der Waals surface area contributed by atoms with Gasteiger partial charge in [0.05, 0.1) is 0 Å². The molecule has 0 aliphatic carbocycles. The molecule has 0 radical (unpaired) electrons. The van der Waals surface area contributed by atoms with Gasteiger partial charge in [-0.05, 0) is 24.5 Å². The number of benzene rings is 1. The highest BCUT2D eigenvalue weighted by Gasteiger charge is 2.25. The average Bonchev–Trinajstić information content (AvgIpc) is 3.14. The summed E-state index contributed by atoms with van der Waals surface area (Å²) in [7, 11) is 1.39. The molecule has 1 aromatic heterocycles. The summed E-state index contributed by atoms with van der Waals surface area (Å²) in [5.41, 5.74) is 1.30. The van der Waals surface area contributed by atoms with Crippen molar-refractivity contribution in [2.75, 3.05) is 7.05 Å². The molecule has 0 saturated carbocycles. The van der Waals surface area contributed by atoms with Gasteiger partial charge in [0.15, 0.2) is 6.19 Å². The average molecular weight is 339 g/mol. The Hall–Kier alpha value is -3.14. The van der Waals surface area contributed by atoms with Crippen molar-refractivity contribution in [3.05, 3.63) is 42.2 Å². The summed E-state index contributed by atoms with van der Waals surface area (Å²) in [5, 5.41) is 11.6. The molecule has 1 atom stereocenters. The zero-order chi connectivity index (χ0) is 18.4. The Balaban J connectivity index is 2.12. The number of aromatic nitrogens is 2. The molecular formula is C18H21N5O2. The minimum atomic E-state index is -0.734. The van der Waals surface area contributed by atoms with E-state index in [9.17, 15) is 9.59 Å². The fraction of sp³-hybridized carbons (Fsp3) is 0.333. The van der Waals surface area contributed by atoms with Gasteiger partial charge in [0, 0.05) is 30.6 Å². The van der Waals surface area contributed by atoms with Gasteiger partial charge in [-0.1, -0.05) is 26.0 Å². The number of nitrogens with zero attached hydrogens (tertiary/aromatic N) is 3. The first-order valence-corrected chi connectivity index (χ1v) is 8.00. The number of nitriles is 1. The second-order valence-electron chi connectivity index (χ2n) is 6.17. The van der Waals surface area contributed by atoms with E-state index in [-0.39, 0.29) is 11.8 Å². The molecule has 0 unspecified atom stereocenters. The minimum absolute atomic E-state index is 0.197. The summed E-state index contributed by atoms with van der Waals surface area (Å²) in [6.07, 6.45) is 5.62. The van der Waals surface area contributed by atoms with Crippen molar-refractivity contribution >= 4 is 11.8 Å². The Labute approximate surface area is 146 Å². The number of H-pyrrole nitrogens is 1. The van der Waals surface area contributed by atoms with Crippen LogP contribution in [0, 0.1) is 17.4 Å². The first-order chi connectivity index (χ1) is 11.9. The molecule has 2 aromatic rings. The third kappa shape index (κ3) is 4.67. The van der Waals surface area contributed by atoms with Crippen LogP contribution >= 0.6 is 0 Å². The summed E-state index contributed by atoms with van der Waals surface area (Å²) < 4.78 is 0. The van der Waals surface area contributed by atoms with Gasteiger partial charge in [-0.2, -0.15) is 5.26 Å². The van der Waals surface area contributed by atoms with E-state index in [1.807, 2.05) is 13.8 Å². The fourth-order valence-electron chi connectivity index (χ4n) is 2.42. The Morgan fingerprint density at radius 2 is 2.00 bits per heavy atom. The van der Waals surface area contributed by atoms with E-state index in [2.05, 4.69) is 15.3 Å². The van der Waals surface area contributed by atoms with Crippen LogP contribution in [0.1, 0.15) is 30.6 Å². The van der Waals surface area contributed by atoms with Crippen LogP contribution in [0.15, 0.2) is 36.7 Å². The molecule has 0 spiro atoms. The number of imidazole rings is 1. The summed E-state index contributed by atoms with van der Waals surface area (Å²) >= 11 is 0. The molecule has 7 heteroatoms. The quantitative estimate of drug-likeness (QED) is 0.622. The van der Waals surface area contributed by atoms with E-state index in [1.54, 1.807) is 42.9 Å². The largest absolute Gasteiger partial charge is 0.345 e. The third-order valence-corrected chi connectivity index (χ3v) is 3.71. The van der Waals surface area contributed by atoms with Gasteiger partial charge in [0.2, 0.25) is 0 Å². The molecule has 1 heterocycles. The van der Waals surface area contributed by atoms with Crippen molar-refractivity contribution in [2.45, 2.75) is 26.3 Å². The molecule has 1 aromatic carbocycles. The number of hydrogen-bond acceptors (Lipinski definition) is 4. The van der Waals surface area contributed by atoms with Gasteiger partial charge in [-0.25, -0.2) is 4.98 Å². The lowest BCUT2D eigenvalue weighted by Gasteiger charge is -2.21. The van der Waals surface area contributed by atoms with Crippen LogP contribution in [0.2, 0.25) is 0 Å². The monoisotopic (exact) mass is 339 g/mol. The molecule has 2 amide bonds. The molecule has 7 nitrogen and oxygen atoms in total. The first kappa shape index (κ1) is 18.2. The van der Waals surface area contributed by atoms with Gasteiger partial charge >= 0.3 is 0 Å². The predicted octanol–water partition coefficient (Wildman–Crippen LogP) is 2.16. The maximum absolute atomic E-state index is 12.5. The molecule has 2 N–H and O–H groups in total. The molecule has 0 fully saturated rings. The highest BCUT2D eigenvalue weighted by molar-refractivity contribution is 5.98. The maximum Gasteiger partial charge on any atom is 0.257 e. The van der Waals surface area contributed by atoms with Crippen LogP contribution in [0.3, 0.4) is 0 Å². The number of rotatable bonds is 6. The lowest BCUT2D eigenvalue weighted by atomic mass is 10.0. The Bertz CT molecular complexity index is 760. The molecule has 0 aliphatic heterocycles. The fourth-order valence-corrected chi connectivity index (χ4v) is 2.42. The van der Waals surface area contributed by atoms with Crippen molar-refractivity contribution < 1.29 is 9.59 Å². The van der Waals surface area contributed by atoms with Gasteiger partial charge < -0.3 is 10.3 Å². The Morgan fingerprint density at radius 3 is 2.52 bits per heavy atom. The van der Waals surface area contributed by atoms with Crippen molar-refractivity contribution in [3.63, 3.8) is 0 Å². The summed E-state index contributed by atoms with van der Waals surface area (Å²) in [4.78, 5) is 32.8. The smallest absolute Gasteiger partial charge is 0.257 e. The van der Waals surface area contributed by atoms with Crippen LogP contribution in [-0.2, 0) is 4.79 Å². The zero-order valence-corrected chi connectivity index (χ0v) is 14.5. The SMILES string of the molecule is CC(C)C[C@H](NC(=O)c1ccc(-c2ncc[nH]2)cc1)C(=O)N(C)C#N. The Morgan fingerprint density at radius 1 is 1.32 bits per heavy atom. The number of hydrogen-bond donors (Lipinski definition) is 2. The van der Waals surface area contributed by atoms with E-state index < -0.39 is 11.9 Å². The summed E-state index contributed by atoms with van der Waals surface area (Å²) in [6, 6.07) is 6.20. The van der Waals surface area contributed by atoms with Crippen LogP contribution in [0.4, 0.5) is 0 Å². The van der Waals surface area contributed by atoms with Crippen molar-refractivity contribution in [3.8, 4) is 17.6 Å². The van der Waals surface area contributed by atoms with Gasteiger partial charge in [-0.3, -0.25) is 14.5 Å². The van der Waals surface area contributed by atoms with Crippen molar-refractivity contribution in [2.24, 2.45) is 5.92 Å². The van der Waals surface area contributed by atoms with Gasteiger partial charge in [-0.15, -0.1) is 0 Å². The van der Waals surface area contributed by atoms with E-state index in [4.69, 9.17) is 5.26 Å². The third-order valence-electron chi connectivity index (χ3n) is 3.71. The van der Waals surface area contributed by atoms with Crippen molar-refractivity contribution in [1.29, 1.82) is 5.26 Å². The highest BCUT2D eigenvalue weighted by Crippen LogP contribution is 2.15. The van der Waals surface area contributed by atoms with E-state index in [0.29, 0.717) is 12.0 Å². The van der Waals surface area contributed by atoms with Crippen LogP contribution < -0.4 is 5.32 Å². The molecule has 0 aliphatic rings. The van der Waals surface area contributed by atoms with Crippen molar-refractivity contribution in [1.82, 2.24) is 20.2 Å². The van der Waals surface area contributed by atoms with Crippen LogP contribution in [0.25, 0.3) is 11.4 Å².